The molecule has 1 N–H and O–H groups in total. The maximum Gasteiger partial charge on any atom is 0.0991 e. The van der Waals surface area contributed by atoms with Gasteiger partial charge in [0, 0.05) is 30.5 Å². The van der Waals surface area contributed by atoms with E-state index in [0.29, 0.717) is 12.1 Å². The van der Waals surface area contributed by atoms with Crippen LogP contribution in [0.15, 0.2) is 24.8 Å². The van der Waals surface area contributed by atoms with E-state index in [9.17, 15) is 0 Å². The Kier molecular flexibility index (Phi) is 4.36. The summed E-state index contributed by atoms with van der Waals surface area (Å²) >= 11 is 13.7. The normalized spacial score (nSPS) is 24.1. The predicted molar refractivity (Wildman–Crippen MR) is 84.8 cm³/mol. The van der Waals surface area contributed by atoms with E-state index in [2.05, 4.69) is 21.8 Å². The third-order valence-electron chi connectivity index (χ3n) is 4.00. The molecule has 2 heterocycles. The third kappa shape index (κ3) is 2.89. The fourth-order valence-corrected chi connectivity index (χ4v) is 4.66. The van der Waals surface area contributed by atoms with Crippen LogP contribution in [0.2, 0.25) is 8.67 Å². The van der Waals surface area contributed by atoms with Gasteiger partial charge < -0.3 is 9.88 Å². The summed E-state index contributed by atoms with van der Waals surface area (Å²) in [5, 5.41) is 3.70. The van der Waals surface area contributed by atoms with Gasteiger partial charge in [0.25, 0.3) is 0 Å². The van der Waals surface area contributed by atoms with Crippen LogP contribution in [0.1, 0.15) is 43.8 Å². The van der Waals surface area contributed by atoms with Crippen molar-refractivity contribution in [1.29, 1.82) is 0 Å². The first kappa shape index (κ1) is 14.4. The maximum absolute atomic E-state index is 6.24. The topological polar surface area (TPSA) is 29.9 Å². The highest BCUT2D eigenvalue weighted by Crippen LogP contribution is 2.37. The fraction of sp³-hybridized carbons (Fsp3) is 0.500. The van der Waals surface area contributed by atoms with Crippen molar-refractivity contribution in [3.8, 4) is 0 Å². The highest BCUT2D eigenvalue weighted by atomic mass is 35.5. The quantitative estimate of drug-likeness (QED) is 0.881. The van der Waals surface area contributed by atoms with E-state index in [4.69, 9.17) is 23.2 Å². The summed E-state index contributed by atoms with van der Waals surface area (Å²) in [7, 11) is 0. The summed E-state index contributed by atoms with van der Waals surface area (Å²) in [6.07, 6.45) is 9.41. The molecule has 0 bridgehead atoms. The minimum atomic E-state index is 0.209. The number of rotatable bonds is 4. The Morgan fingerprint density at radius 2 is 2.30 bits per heavy atom. The van der Waals surface area contributed by atoms with Gasteiger partial charge in [0.05, 0.1) is 15.0 Å². The molecule has 1 saturated carbocycles. The summed E-state index contributed by atoms with van der Waals surface area (Å²) in [4.78, 5) is 4.15. The molecule has 0 aromatic carbocycles. The van der Waals surface area contributed by atoms with E-state index in [1.165, 1.54) is 30.6 Å². The monoisotopic (exact) mass is 329 g/mol. The van der Waals surface area contributed by atoms with Crippen molar-refractivity contribution < 1.29 is 0 Å². The van der Waals surface area contributed by atoms with Crippen molar-refractivity contribution in [3.63, 3.8) is 0 Å². The zero-order valence-electron chi connectivity index (χ0n) is 11.2. The van der Waals surface area contributed by atoms with Crippen LogP contribution < -0.4 is 5.32 Å². The lowest BCUT2D eigenvalue weighted by atomic mass is 10.1. The number of nitrogens with zero attached hydrogens (tertiary/aromatic N) is 2. The molecular formula is C14H17Cl2N3S. The second kappa shape index (κ2) is 6.06. The van der Waals surface area contributed by atoms with Gasteiger partial charge >= 0.3 is 0 Å². The molecule has 0 aliphatic heterocycles. The van der Waals surface area contributed by atoms with E-state index in [1.807, 2.05) is 24.8 Å². The molecule has 2 aromatic heterocycles. The molecule has 3 rings (SSSR count). The van der Waals surface area contributed by atoms with Crippen molar-refractivity contribution in [2.24, 2.45) is 0 Å². The molecule has 0 saturated heterocycles. The molecule has 3 atom stereocenters. The fourth-order valence-electron chi connectivity index (χ4n) is 3.02. The standard InChI is InChI=1S/C14H17Cl2N3S/c1-9(10-7-13(15)20-14(10)16)18-11-3-2-4-12(11)19-6-5-17-8-19/h5-9,11-12,18H,2-4H2,1H3. The number of hydrogen-bond acceptors (Lipinski definition) is 3. The molecule has 6 heteroatoms. The van der Waals surface area contributed by atoms with Crippen molar-refractivity contribution in [2.75, 3.05) is 0 Å². The number of nitrogens with one attached hydrogen (secondary N) is 1. The number of imidazole rings is 1. The van der Waals surface area contributed by atoms with Gasteiger partial charge in [-0.25, -0.2) is 4.98 Å². The first-order valence-corrected chi connectivity index (χ1v) is 8.40. The summed E-state index contributed by atoms with van der Waals surface area (Å²) < 4.78 is 3.74. The maximum atomic E-state index is 6.24. The Morgan fingerprint density at radius 1 is 1.45 bits per heavy atom. The molecule has 1 aliphatic rings. The average Bonchev–Trinajstić information content (AvgIpc) is 3.09. The summed E-state index contributed by atoms with van der Waals surface area (Å²) in [5.41, 5.74) is 1.10. The molecule has 20 heavy (non-hydrogen) atoms. The summed E-state index contributed by atoms with van der Waals surface area (Å²) in [6, 6.07) is 3.11. The Balaban J connectivity index is 1.72. The first-order chi connectivity index (χ1) is 9.65. The van der Waals surface area contributed by atoms with E-state index in [0.717, 1.165) is 14.2 Å². The molecule has 108 valence electrons. The van der Waals surface area contributed by atoms with Gasteiger partial charge in [-0.05, 0) is 37.8 Å². The highest BCUT2D eigenvalue weighted by Gasteiger charge is 2.30. The Morgan fingerprint density at radius 3 is 2.95 bits per heavy atom. The Hall–Kier alpha value is -0.550. The van der Waals surface area contributed by atoms with Crippen molar-refractivity contribution >= 4 is 34.5 Å². The van der Waals surface area contributed by atoms with Gasteiger partial charge in [-0.1, -0.05) is 23.2 Å². The second-order valence-electron chi connectivity index (χ2n) is 5.28. The number of hydrogen-bond donors (Lipinski definition) is 1. The molecule has 3 unspecified atom stereocenters. The van der Waals surface area contributed by atoms with Crippen LogP contribution in [0.3, 0.4) is 0 Å². The van der Waals surface area contributed by atoms with E-state index < -0.39 is 0 Å². The lowest BCUT2D eigenvalue weighted by molar-refractivity contribution is 0.363. The van der Waals surface area contributed by atoms with Crippen molar-refractivity contribution in [3.05, 3.63) is 39.0 Å². The third-order valence-corrected chi connectivity index (χ3v) is 5.52. The number of aromatic nitrogens is 2. The van der Waals surface area contributed by atoms with Crippen LogP contribution in [-0.2, 0) is 0 Å². The Labute approximate surface area is 132 Å². The molecule has 0 radical (unpaired) electrons. The van der Waals surface area contributed by atoms with Gasteiger partial charge in [-0.3, -0.25) is 0 Å². The molecule has 0 amide bonds. The van der Waals surface area contributed by atoms with Crippen molar-refractivity contribution in [1.82, 2.24) is 14.9 Å². The van der Waals surface area contributed by atoms with Crippen LogP contribution >= 0.6 is 34.5 Å². The van der Waals surface area contributed by atoms with Crippen LogP contribution in [-0.4, -0.2) is 15.6 Å². The first-order valence-electron chi connectivity index (χ1n) is 6.83. The van der Waals surface area contributed by atoms with E-state index in [-0.39, 0.29) is 6.04 Å². The molecule has 3 nitrogen and oxygen atoms in total. The van der Waals surface area contributed by atoms with Crippen LogP contribution in [0, 0.1) is 0 Å². The largest absolute Gasteiger partial charge is 0.333 e. The average molecular weight is 330 g/mol. The Bertz CT molecular complexity index is 567. The summed E-state index contributed by atoms with van der Waals surface area (Å²) in [5.74, 6) is 0. The minimum Gasteiger partial charge on any atom is -0.333 e. The lowest BCUT2D eigenvalue weighted by Crippen LogP contribution is -2.35. The zero-order valence-corrected chi connectivity index (χ0v) is 13.5. The highest BCUT2D eigenvalue weighted by molar-refractivity contribution is 7.20. The number of halogens is 2. The second-order valence-corrected chi connectivity index (χ2v) is 7.57. The molecular weight excluding hydrogens is 313 g/mol. The van der Waals surface area contributed by atoms with Crippen LogP contribution in [0.4, 0.5) is 0 Å². The van der Waals surface area contributed by atoms with Crippen LogP contribution in [0.5, 0.6) is 0 Å². The van der Waals surface area contributed by atoms with Gasteiger partial charge in [0.1, 0.15) is 0 Å². The van der Waals surface area contributed by atoms with Gasteiger partial charge in [0.15, 0.2) is 0 Å². The van der Waals surface area contributed by atoms with E-state index in [1.54, 1.807) is 0 Å². The minimum absolute atomic E-state index is 0.209. The summed E-state index contributed by atoms with van der Waals surface area (Å²) in [6.45, 7) is 2.15. The van der Waals surface area contributed by atoms with Gasteiger partial charge in [-0.15, -0.1) is 11.3 Å². The van der Waals surface area contributed by atoms with Crippen LogP contribution in [0.25, 0.3) is 0 Å². The predicted octanol–water partition coefficient (Wildman–Crippen LogP) is 4.70. The number of thiophene rings is 1. The SMILES string of the molecule is CC(NC1CCCC1n1ccnc1)c1cc(Cl)sc1Cl. The molecule has 1 fully saturated rings. The molecule has 1 aliphatic carbocycles. The zero-order chi connectivity index (χ0) is 14.1. The lowest BCUT2D eigenvalue weighted by Gasteiger charge is -2.26. The van der Waals surface area contributed by atoms with Gasteiger partial charge in [-0.2, -0.15) is 0 Å². The smallest absolute Gasteiger partial charge is 0.0991 e. The van der Waals surface area contributed by atoms with Crippen molar-refractivity contribution in [2.45, 2.75) is 44.3 Å². The van der Waals surface area contributed by atoms with E-state index >= 15 is 0 Å². The molecule has 0 spiro atoms. The van der Waals surface area contributed by atoms with Gasteiger partial charge in [0.2, 0.25) is 0 Å². The molecule has 2 aromatic rings.